The number of pyridine rings is 1. The zero-order valence-corrected chi connectivity index (χ0v) is 15.7. The van der Waals surface area contributed by atoms with Crippen LogP contribution >= 0.6 is 12.4 Å². The van der Waals surface area contributed by atoms with Gasteiger partial charge in [0.1, 0.15) is 0 Å². The van der Waals surface area contributed by atoms with Crippen LogP contribution in [0.2, 0.25) is 0 Å². The summed E-state index contributed by atoms with van der Waals surface area (Å²) in [6, 6.07) is 22.2. The van der Waals surface area contributed by atoms with Crippen LogP contribution < -0.4 is 14.8 Å². The Morgan fingerprint density at radius 2 is 1.65 bits per heavy atom. The maximum Gasteiger partial charge on any atom is 0.165 e. The highest BCUT2D eigenvalue weighted by Crippen LogP contribution is 2.31. The van der Waals surface area contributed by atoms with Gasteiger partial charge in [-0.2, -0.15) is 0 Å². The third-order valence-corrected chi connectivity index (χ3v) is 4.10. The summed E-state index contributed by atoms with van der Waals surface area (Å²) in [5, 5.41) is 3.60. The van der Waals surface area contributed by atoms with E-state index in [2.05, 4.69) is 22.4 Å². The second-order valence-corrected chi connectivity index (χ2v) is 5.63. The Kier molecular flexibility index (Phi) is 7.45. The van der Waals surface area contributed by atoms with Gasteiger partial charge in [-0.15, -0.1) is 12.4 Å². The number of rotatable bonds is 7. The number of nitrogens with zero attached hydrogens (tertiary/aromatic N) is 1. The molecule has 0 saturated heterocycles. The quantitative estimate of drug-likeness (QED) is 0.669. The van der Waals surface area contributed by atoms with Crippen molar-refractivity contribution in [3.05, 3.63) is 89.7 Å². The fourth-order valence-electron chi connectivity index (χ4n) is 2.89. The Hall–Kier alpha value is -2.56. The Balaban J connectivity index is 0.00000243. The number of para-hydroxylation sites is 1. The monoisotopic (exact) mass is 370 g/mol. The molecular formula is C21H23ClN2O2. The van der Waals surface area contributed by atoms with Crippen molar-refractivity contribution in [1.82, 2.24) is 10.3 Å². The summed E-state index contributed by atoms with van der Waals surface area (Å²) in [6.45, 7) is 0.635. The SMILES string of the molecule is COc1cccc(CNC(c2ccccc2)c2ccccn2)c1OC.Cl. The van der Waals surface area contributed by atoms with Crippen molar-refractivity contribution in [3.63, 3.8) is 0 Å². The molecule has 26 heavy (non-hydrogen) atoms. The molecule has 1 unspecified atom stereocenters. The predicted octanol–water partition coefficient (Wildman–Crippen LogP) is 4.40. The Bertz CT molecular complexity index is 758. The molecule has 1 atom stereocenters. The summed E-state index contributed by atoms with van der Waals surface area (Å²) < 4.78 is 10.9. The van der Waals surface area contributed by atoms with Crippen molar-refractivity contribution in [3.8, 4) is 11.5 Å². The molecular weight excluding hydrogens is 348 g/mol. The van der Waals surface area contributed by atoms with Gasteiger partial charge in [-0.05, 0) is 23.8 Å². The zero-order valence-electron chi connectivity index (χ0n) is 14.9. The van der Waals surface area contributed by atoms with E-state index in [1.165, 1.54) is 5.56 Å². The van der Waals surface area contributed by atoms with Gasteiger partial charge in [0.05, 0.1) is 26.0 Å². The average molecular weight is 371 g/mol. The lowest BCUT2D eigenvalue weighted by Crippen LogP contribution is -2.23. The van der Waals surface area contributed by atoms with Gasteiger partial charge in [0.15, 0.2) is 11.5 Å². The third-order valence-electron chi connectivity index (χ3n) is 4.10. The number of hydrogen-bond acceptors (Lipinski definition) is 4. The van der Waals surface area contributed by atoms with Gasteiger partial charge in [-0.3, -0.25) is 4.98 Å². The molecule has 3 aromatic rings. The van der Waals surface area contributed by atoms with Crippen molar-refractivity contribution in [1.29, 1.82) is 0 Å². The number of ether oxygens (including phenoxy) is 2. The van der Waals surface area contributed by atoms with Gasteiger partial charge in [-0.25, -0.2) is 0 Å². The Labute approximate surface area is 160 Å². The molecule has 1 aromatic heterocycles. The van der Waals surface area contributed by atoms with E-state index in [-0.39, 0.29) is 18.4 Å². The van der Waals surface area contributed by atoms with Crippen LogP contribution in [0.15, 0.2) is 72.9 Å². The summed E-state index contributed by atoms with van der Waals surface area (Å²) in [6.07, 6.45) is 1.82. The first-order chi connectivity index (χ1) is 12.3. The van der Waals surface area contributed by atoms with E-state index in [4.69, 9.17) is 9.47 Å². The number of hydrogen-bond donors (Lipinski definition) is 1. The van der Waals surface area contributed by atoms with Crippen LogP contribution in [0.4, 0.5) is 0 Å². The summed E-state index contributed by atoms with van der Waals surface area (Å²) in [5.74, 6) is 1.49. The second kappa shape index (κ2) is 9.80. The van der Waals surface area contributed by atoms with Crippen molar-refractivity contribution < 1.29 is 9.47 Å². The van der Waals surface area contributed by atoms with E-state index in [0.29, 0.717) is 6.54 Å². The number of aromatic nitrogens is 1. The molecule has 0 spiro atoms. The normalized spacial score (nSPS) is 11.3. The molecule has 4 nitrogen and oxygen atoms in total. The molecule has 0 fully saturated rings. The molecule has 3 rings (SSSR count). The van der Waals surface area contributed by atoms with Crippen molar-refractivity contribution in [2.75, 3.05) is 14.2 Å². The van der Waals surface area contributed by atoms with E-state index in [9.17, 15) is 0 Å². The minimum atomic E-state index is -0.00157. The molecule has 0 saturated carbocycles. The molecule has 0 bridgehead atoms. The van der Waals surface area contributed by atoms with Crippen molar-refractivity contribution in [2.24, 2.45) is 0 Å². The minimum Gasteiger partial charge on any atom is -0.493 e. The van der Waals surface area contributed by atoms with Crippen molar-refractivity contribution in [2.45, 2.75) is 12.6 Å². The Morgan fingerprint density at radius 1 is 0.885 bits per heavy atom. The number of nitrogens with one attached hydrogen (secondary N) is 1. The molecule has 1 N–H and O–H groups in total. The smallest absolute Gasteiger partial charge is 0.165 e. The van der Waals surface area contributed by atoms with Crippen LogP contribution in [0.5, 0.6) is 11.5 Å². The van der Waals surface area contributed by atoms with Gasteiger partial charge in [-0.1, -0.05) is 48.5 Å². The first kappa shape index (κ1) is 19.8. The molecule has 0 aliphatic heterocycles. The fourth-order valence-corrected chi connectivity index (χ4v) is 2.89. The van der Waals surface area contributed by atoms with E-state index in [1.807, 2.05) is 60.8 Å². The van der Waals surface area contributed by atoms with Crippen LogP contribution in [0, 0.1) is 0 Å². The molecule has 0 amide bonds. The van der Waals surface area contributed by atoms with E-state index in [0.717, 1.165) is 22.8 Å². The molecule has 0 radical (unpaired) electrons. The summed E-state index contributed by atoms with van der Waals surface area (Å²) in [7, 11) is 3.31. The molecule has 0 aliphatic rings. The number of halogens is 1. The summed E-state index contributed by atoms with van der Waals surface area (Å²) in [5.41, 5.74) is 3.19. The first-order valence-electron chi connectivity index (χ1n) is 8.22. The zero-order chi connectivity index (χ0) is 17.5. The van der Waals surface area contributed by atoms with Crippen LogP contribution in [0.25, 0.3) is 0 Å². The summed E-state index contributed by atoms with van der Waals surface area (Å²) >= 11 is 0. The lowest BCUT2D eigenvalue weighted by molar-refractivity contribution is 0.350. The third kappa shape index (κ3) is 4.54. The lowest BCUT2D eigenvalue weighted by Gasteiger charge is -2.20. The standard InChI is InChI=1S/C21H22N2O2.ClH/c1-24-19-13-8-11-17(21(19)25-2)15-23-20(16-9-4-3-5-10-16)18-12-6-7-14-22-18;/h3-14,20,23H,15H2,1-2H3;1H. The minimum absolute atomic E-state index is 0. The van der Waals surface area contributed by atoms with Gasteiger partial charge in [0.2, 0.25) is 0 Å². The van der Waals surface area contributed by atoms with E-state index in [1.54, 1.807) is 14.2 Å². The molecule has 136 valence electrons. The maximum atomic E-state index is 5.53. The van der Waals surface area contributed by atoms with Crippen LogP contribution in [0.1, 0.15) is 22.9 Å². The van der Waals surface area contributed by atoms with Gasteiger partial charge in [0.25, 0.3) is 0 Å². The highest BCUT2D eigenvalue weighted by atomic mass is 35.5. The molecule has 0 aliphatic carbocycles. The van der Waals surface area contributed by atoms with Crippen LogP contribution in [0.3, 0.4) is 0 Å². The molecule has 2 aromatic carbocycles. The van der Waals surface area contributed by atoms with Crippen LogP contribution in [-0.2, 0) is 6.54 Å². The second-order valence-electron chi connectivity index (χ2n) is 5.63. The maximum absolute atomic E-state index is 5.53. The average Bonchev–Trinajstić information content (AvgIpc) is 2.69. The van der Waals surface area contributed by atoms with Crippen LogP contribution in [-0.4, -0.2) is 19.2 Å². The fraction of sp³-hybridized carbons (Fsp3) is 0.190. The first-order valence-corrected chi connectivity index (χ1v) is 8.22. The topological polar surface area (TPSA) is 43.4 Å². The van der Waals surface area contributed by atoms with Crippen molar-refractivity contribution >= 4 is 12.4 Å². The highest BCUT2D eigenvalue weighted by Gasteiger charge is 2.16. The lowest BCUT2D eigenvalue weighted by atomic mass is 10.0. The number of methoxy groups -OCH3 is 2. The van der Waals surface area contributed by atoms with Gasteiger partial charge in [0, 0.05) is 18.3 Å². The van der Waals surface area contributed by atoms with E-state index >= 15 is 0 Å². The molecule has 1 heterocycles. The predicted molar refractivity (Wildman–Crippen MR) is 106 cm³/mol. The van der Waals surface area contributed by atoms with Gasteiger partial charge >= 0.3 is 0 Å². The molecule has 5 heteroatoms. The largest absolute Gasteiger partial charge is 0.493 e. The number of benzene rings is 2. The Morgan fingerprint density at radius 3 is 2.31 bits per heavy atom. The highest BCUT2D eigenvalue weighted by molar-refractivity contribution is 5.85. The van der Waals surface area contributed by atoms with Gasteiger partial charge < -0.3 is 14.8 Å². The van der Waals surface area contributed by atoms with E-state index < -0.39 is 0 Å². The summed E-state index contributed by atoms with van der Waals surface area (Å²) in [4.78, 5) is 4.53.